The van der Waals surface area contributed by atoms with Crippen LogP contribution < -0.4 is 4.72 Å². The number of sulfonamides is 1. The first-order chi connectivity index (χ1) is 9.58. The highest BCUT2D eigenvalue weighted by Crippen LogP contribution is 2.24. The molecule has 0 saturated heterocycles. The van der Waals surface area contributed by atoms with Crippen LogP contribution in [0.3, 0.4) is 0 Å². The van der Waals surface area contributed by atoms with Crippen molar-refractivity contribution < 1.29 is 8.42 Å². The number of imidazole rings is 1. The van der Waals surface area contributed by atoms with Crippen LogP contribution in [0.2, 0.25) is 5.15 Å². The SMILES string of the molecule is O=S(=O)(NCCc1ncn[nH]1)c1c(Cl)nc2sccn12. The summed E-state index contributed by atoms with van der Waals surface area (Å²) in [5, 5.41) is 8.00. The average Bonchev–Trinajstić information content (AvgIpc) is 3.04. The lowest BCUT2D eigenvalue weighted by Crippen LogP contribution is -2.27. The quantitative estimate of drug-likeness (QED) is 0.715. The third-order valence-electron chi connectivity index (χ3n) is 2.55. The summed E-state index contributed by atoms with van der Waals surface area (Å²) < 4.78 is 28.4. The van der Waals surface area contributed by atoms with E-state index in [1.165, 1.54) is 22.1 Å². The molecule has 0 saturated carbocycles. The number of fused-ring (bicyclic) bond motifs is 1. The summed E-state index contributed by atoms with van der Waals surface area (Å²) in [5.41, 5.74) is 0. The van der Waals surface area contributed by atoms with Gasteiger partial charge in [0, 0.05) is 24.5 Å². The van der Waals surface area contributed by atoms with Crippen LogP contribution in [0.15, 0.2) is 22.9 Å². The van der Waals surface area contributed by atoms with E-state index in [1.54, 1.807) is 11.6 Å². The molecule has 0 aromatic carbocycles. The van der Waals surface area contributed by atoms with Gasteiger partial charge in [0.25, 0.3) is 10.0 Å². The normalized spacial score (nSPS) is 12.2. The summed E-state index contributed by atoms with van der Waals surface area (Å²) in [4.78, 5) is 8.44. The molecular formula is C9H9ClN6O2S2. The van der Waals surface area contributed by atoms with Crippen LogP contribution in [0.1, 0.15) is 5.82 Å². The van der Waals surface area contributed by atoms with Crippen molar-refractivity contribution >= 4 is 37.9 Å². The zero-order chi connectivity index (χ0) is 14.2. The second-order valence-electron chi connectivity index (χ2n) is 3.84. The van der Waals surface area contributed by atoms with Gasteiger partial charge in [0.15, 0.2) is 15.1 Å². The molecule has 3 aromatic heterocycles. The highest BCUT2D eigenvalue weighted by molar-refractivity contribution is 7.89. The van der Waals surface area contributed by atoms with E-state index in [2.05, 4.69) is 24.9 Å². The Bertz CT molecular complexity index is 822. The van der Waals surface area contributed by atoms with Crippen LogP contribution in [0.25, 0.3) is 4.96 Å². The number of aromatic nitrogens is 5. The molecule has 3 heterocycles. The van der Waals surface area contributed by atoms with Crippen molar-refractivity contribution in [3.8, 4) is 0 Å². The van der Waals surface area contributed by atoms with E-state index in [4.69, 9.17) is 11.6 Å². The van der Waals surface area contributed by atoms with Crippen molar-refractivity contribution in [2.45, 2.75) is 11.4 Å². The van der Waals surface area contributed by atoms with E-state index >= 15 is 0 Å². The van der Waals surface area contributed by atoms with Crippen LogP contribution in [-0.2, 0) is 16.4 Å². The molecule has 3 aromatic rings. The van der Waals surface area contributed by atoms with Gasteiger partial charge >= 0.3 is 0 Å². The first kappa shape index (κ1) is 13.5. The molecule has 106 valence electrons. The van der Waals surface area contributed by atoms with Crippen molar-refractivity contribution in [1.82, 2.24) is 29.3 Å². The molecule has 0 atom stereocenters. The summed E-state index contributed by atoms with van der Waals surface area (Å²) in [5.74, 6) is 0.604. The summed E-state index contributed by atoms with van der Waals surface area (Å²) in [6.07, 6.45) is 3.39. The maximum absolute atomic E-state index is 12.3. The number of nitrogens with zero attached hydrogens (tertiary/aromatic N) is 4. The molecular weight excluding hydrogens is 324 g/mol. The molecule has 0 aliphatic heterocycles. The Hall–Kier alpha value is -1.49. The lowest BCUT2D eigenvalue weighted by Gasteiger charge is -2.04. The molecule has 0 fully saturated rings. The van der Waals surface area contributed by atoms with Gasteiger partial charge < -0.3 is 0 Å². The average molecular weight is 333 g/mol. The van der Waals surface area contributed by atoms with Crippen LogP contribution in [-0.4, -0.2) is 39.5 Å². The molecule has 11 heteroatoms. The van der Waals surface area contributed by atoms with Crippen LogP contribution >= 0.6 is 22.9 Å². The molecule has 0 radical (unpaired) electrons. The van der Waals surface area contributed by atoms with E-state index < -0.39 is 10.0 Å². The smallest absolute Gasteiger partial charge is 0.259 e. The molecule has 0 amide bonds. The predicted octanol–water partition coefficient (Wildman–Crippen LogP) is 0.688. The third kappa shape index (κ3) is 2.42. The van der Waals surface area contributed by atoms with E-state index in [-0.39, 0.29) is 16.7 Å². The fraction of sp³-hybridized carbons (Fsp3) is 0.222. The summed E-state index contributed by atoms with van der Waals surface area (Å²) >= 11 is 7.21. The Balaban J connectivity index is 1.81. The van der Waals surface area contributed by atoms with Gasteiger partial charge in [0.2, 0.25) is 0 Å². The van der Waals surface area contributed by atoms with Gasteiger partial charge in [-0.25, -0.2) is 23.1 Å². The lowest BCUT2D eigenvalue weighted by atomic mass is 10.4. The number of rotatable bonds is 5. The maximum atomic E-state index is 12.3. The zero-order valence-electron chi connectivity index (χ0n) is 9.95. The van der Waals surface area contributed by atoms with Crippen LogP contribution in [0.4, 0.5) is 0 Å². The molecule has 0 unspecified atom stereocenters. The number of thiazole rings is 1. The van der Waals surface area contributed by atoms with Crippen molar-refractivity contribution in [3.05, 3.63) is 28.9 Å². The van der Waals surface area contributed by atoms with Crippen LogP contribution in [0, 0.1) is 0 Å². The Kier molecular flexibility index (Phi) is 3.46. The predicted molar refractivity (Wildman–Crippen MR) is 73.4 cm³/mol. The highest BCUT2D eigenvalue weighted by Gasteiger charge is 2.24. The second kappa shape index (κ2) is 5.13. The Labute approximate surface area is 122 Å². The molecule has 0 aliphatic carbocycles. The van der Waals surface area contributed by atoms with Gasteiger partial charge in [-0.1, -0.05) is 11.6 Å². The van der Waals surface area contributed by atoms with E-state index in [0.29, 0.717) is 17.2 Å². The van der Waals surface area contributed by atoms with E-state index in [9.17, 15) is 8.42 Å². The first-order valence-electron chi connectivity index (χ1n) is 5.53. The van der Waals surface area contributed by atoms with Gasteiger partial charge in [-0.05, 0) is 0 Å². The van der Waals surface area contributed by atoms with Gasteiger partial charge in [-0.3, -0.25) is 9.50 Å². The molecule has 2 N–H and O–H groups in total. The summed E-state index contributed by atoms with van der Waals surface area (Å²) in [6.45, 7) is 0.186. The monoisotopic (exact) mass is 332 g/mol. The summed E-state index contributed by atoms with van der Waals surface area (Å²) in [6, 6.07) is 0. The minimum absolute atomic E-state index is 0.0379. The number of hydrogen-bond acceptors (Lipinski definition) is 6. The molecule has 0 aliphatic rings. The molecule has 8 nitrogen and oxygen atoms in total. The second-order valence-corrected chi connectivity index (χ2v) is 6.76. The van der Waals surface area contributed by atoms with Gasteiger partial charge in [-0.2, -0.15) is 5.10 Å². The van der Waals surface area contributed by atoms with Crippen molar-refractivity contribution in [2.75, 3.05) is 6.54 Å². The van der Waals surface area contributed by atoms with Crippen molar-refractivity contribution in [3.63, 3.8) is 0 Å². The molecule has 3 rings (SSSR count). The minimum Gasteiger partial charge on any atom is -0.279 e. The Morgan fingerprint density at radius 2 is 2.35 bits per heavy atom. The van der Waals surface area contributed by atoms with Crippen molar-refractivity contribution in [2.24, 2.45) is 0 Å². The van der Waals surface area contributed by atoms with E-state index in [1.807, 2.05) is 0 Å². The van der Waals surface area contributed by atoms with E-state index in [0.717, 1.165) is 0 Å². The van der Waals surface area contributed by atoms with Crippen molar-refractivity contribution in [1.29, 1.82) is 0 Å². The Morgan fingerprint density at radius 3 is 3.10 bits per heavy atom. The lowest BCUT2D eigenvalue weighted by molar-refractivity contribution is 0.576. The largest absolute Gasteiger partial charge is 0.279 e. The minimum atomic E-state index is -3.73. The fourth-order valence-corrected chi connectivity index (χ4v) is 4.18. The zero-order valence-corrected chi connectivity index (χ0v) is 12.3. The van der Waals surface area contributed by atoms with Crippen LogP contribution in [0.5, 0.6) is 0 Å². The van der Waals surface area contributed by atoms with Gasteiger partial charge in [0.05, 0.1) is 0 Å². The third-order valence-corrected chi connectivity index (χ3v) is 5.17. The number of nitrogens with one attached hydrogen (secondary N) is 2. The van der Waals surface area contributed by atoms with Gasteiger partial charge in [0.1, 0.15) is 12.2 Å². The standard InChI is InChI=1S/C9H9ClN6O2S2/c10-7-8(16-3-4-19-9(16)14-7)20(17,18)13-2-1-6-11-5-12-15-6/h3-5,13H,1-2H2,(H,11,12,15). The number of hydrogen-bond donors (Lipinski definition) is 2. The molecule has 0 spiro atoms. The van der Waals surface area contributed by atoms with Gasteiger partial charge in [-0.15, -0.1) is 11.3 Å². The summed E-state index contributed by atoms with van der Waals surface area (Å²) in [7, 11) is -3.73. The number of H-pyrrole nitrogens is 1. The Morgan fingerprint density at radius 1 is 1.50 bits per heavy atom. The maximum Gasteiger partial charge on any atom is 0.259 e. The molecule has 0 bridgehead atoms. The highest BCUT2D eigenvalue weighted by atomic mass is 35.5. The molecule has 20 heavy (non-hydrogen) atoms. The first-order valence-corrected chi connectivity index (χ1v) is 8.27. The number of halogens is 1. The number of aromatic amines is 1. The topological polar surface area (TPSA) is 105 Å². The fourth-order valence-electron chi connectivity index (χ4n) is 1.70.